The third-order valence-corrected chi connectivity index (χ3v) is 2.22. The van der Waals surface area contributed by atoms with Gasteiger partial charge in [0.1, 0.15) is 11.5 Å². The standard InChI is InChI=1S/C11H11N3O3/c15-8-1-2-9(10(16)5-8)11(17)12-6-7-3-4-13-14-7/h1-5,15-16H,6H2,(H,12,17)(H,13,14). The van der Waals surface area contributed by atoms with E-state index < -0.39 is 5.91 Å². The van der Waals surface area contributed by atoms with Crippen LogP contribution in [0.1, 0.15) is 16.1 Å². The molecule has 6 nitrogen and oxygen atoms in total. The summed E-state index contributed by atoms with van der Waals surface area (Å²) in [5.74, 6) is -0.767. The SMILES string of the molecule is O=C(NCc1ccn[nH]1)c1ccc(O)cc1O. The molecule has 0 saturated carbocycles. The van der Waals surface area contributed by atoms with Gasteiger partial charge in [-0.05, 0) is 18.2 Å². The fourth-order valence-electron chi connectivity index (χ4n) is 1.37. The van der Waals surface area contributed by atoms with Crippen LogP contribution in [0.15, 0.2) is 30.5 Å². The number of benzene rings is 1. The molecule has 1 heterocycles. The van der Waals surface area contributed by atoms with Crippen molar-refractivity contribution < 1.29 is 15.0 Å². The van der Waals surface area contributed by atoms with Crippen LogP contribution < -0.4 is 5.32 Å². The number of phenolic OH excluding ortho intramolecular Hbond substituents is 2. The highest BCUT2D eigenvalue weighted by molar-refractivity contribution is 5.96. The normalized spacial score (nSPS) is 10.1. The van der Waals surface area contributed by atoms with E-state index in [2.05, 4.69) is 15.5 Å². The number of amides is 1. The summed E-state index contributed by atoms with van der Waals surface area (Å²) in [6.45, 7) is 0.291. The molecule has 0 aliphatic rings. The van der Waals surface area contributed by atoms with E-state index in [1.54, 1.807) is 12.3 Å². The number of nitrogens with zero attached hydrogens (tertiary/aromatic N) is 1. The maximum absolute atomic E-state index is 11.7. The highest BCUT2D eigenvalue weighted by Gasteiger charge is 2.11. The zero-order chi connectivity index (χ0) is 12.3. The Bertz CT molecular complexity index is 523. The summed E-state index contributed by atoms with van der Waals surface area (Å²) in [4.78, 5) is 11.7. The molecule has 0 radical (unpaired) electrons. The van der Waals surface area contributed by atoms with Gasteiger partial charge in [0.2, 0.25) is 0 Å². The number of nitrogens with one attached hydrogen (secondary N) is 2. The first-order chi connectivity index (χ1) is 8.16. The van der Waals surface area contributed by atoms with E-state index in [-0.39, 0.29) is 17.1 Å². The molecule has 0 spiro atoms. The van der Waals surface area contributed by atoms with Gasteiger partial charge in [-0.3, -0.25) is 9.89 Å². The van der Waals surface area contributed by atoms with Crippen LogP contribution >= 0.6 is 0 Å². The molecule has 6 heteroatoms. The maximum atomic E-state index is 11.7. The molecule has 0 atom stereocenters. The maximum Gasteiger partial charge on any atom is 0.255 e. The Hall–Kier alpha value is -2.50. The minimum absolute atomic E-state index is 0.0902. The van der Waals surface area contributed by atoms with Crippen LogP contribution in [-0.2, 0) is 6.54 Å². The number of hydrogen-bond donors (Lipinski definition) is 4. The summed E-state index contributed by atoms with van der Waals surface area (Å²) < 4.78 is 0. The van der Waals surface area contributed by atoms with Crippen molar-refractivity contribution in [3.8, 4) is 11.5 Å². The Labute approximate surface area is 96.9 Å². The second-order valence-corrected chi connectivity index (χ2v) is 3.47. The molecule has 0 unspecified atom stereocenters. The van der Waals surface area contributed by atoms with Crippen LogP contribution in [-0.4, -0.2) is 26.3 Å². The second-order valence-electron chi connectivity index (χ2n) is 3.47. The lowest BCUT2D eigenvalue weighted by Crippen LogP contribution is -2.23. The number of carbonyl (C=O) groups is 1. The first-order valence-electron chi connectivity index (χ1n) is 4.95. The Morgan fingerprint density at radius 3 is 2.82 bits per heavy atom. The molecule has 17 heavy (non-hydrogen) atoms. The molecule has 0 fully saturated rings. The van der Waals surface area contributed by atoms with Crippen LogP contribution in [0, 0.1) is 0 Å². The van der Waals surface area contributed by atoms with Crippen LogP contribution in [0.25, 0.3) is 0 Å². The first-order valence-corrected chi connectivity index (χ1v) is 4.95. The summed E-state index contributed by atoms with van der Waals surface area (Å²) in [7, 11) is 0. The van der Waals surface area contributed by atoms with Gasteiger partial charge in [-0.15, -0.1) is 0 Å². The average molecular weight is 233 g/mol. The van der Waals surface area contributed by atoms with Crippen LogP contribution in [0.5, 0.6) is 11.5 Å². The summed E-state index contributed by atoms with van der Waals surface area (Å²) >= 11 is 0. The third-order valence-electron chi connectivity index (χ3n) is 2.22. The van der Waals surface area contributed by atoms with Gasteiger partial charge in [0.15, 0.2) is 0 Å². The molecule has 1 aromatic carbocycles. The number of phenols is 2. The van der Waals surface area contributed by atoms with Gasteiger partial charge < -0.3 is 15.5 Å². The number of aromatic amines is 1. The van der Waals surface area contributed by atoms with Gasteiger partial charge in [0.25, 0.3) is 5.91 Å². The predicted molar refractivity (Wildman–Crippen MR) is 59.5 cm³/mol. The van der Waals surface area contributed by atoms with Crippen molar-refractivity contribution in [1.29, 1.82) is 0 Å². The molecule has 1 amide bonds. The number of carbonyl (C=O) groups excluding carboxylic acids is 1. The van der Waals surface area contributed by atoms with Crippen molar-refractivity contribution in [2.45, 2.75) is 6.54 Å². The number of aromatic hydroxyl groups is 2. The molecule has 4 N–H and O–H groups in total. The van der Waals surface area contributed by atoms with E-state index in [1.807, 2.05) is 0 Å². The summed E-state index contributed by atoms with van der Waals surface area (Å²) in [5, 5.41) is 27.6. The van der Waals surface area contributed by atoms with Gasteiger partial charge in [0.05, 0.1) is 17.8 Å². The van der Waals surface area contributed by atoms with E-state index in [9.17, 15) is 9.90 Å². The topological polar surface area (TPSA) is 98.2 Å². The lowest BCUT2D eigenvalue weighted by atomic mass is 10.2. The third kappa shape index (κ3) is 2.54. The minimum Gasteiger partial charge on any atom is -0.508 e. The average Bonchev–Trinajstić information content (AvgIpc) is 2.78. The predicted octanol–water partition coefficient (Wildman–Crippen LogP) is 0.751. The number of H-pyrrole nitrogens is 1. The lowest BCUT2D eigenvalue weighted by Gasteiger charge is -2.05. The zero-order valence-electron chi connectivity index (χ0n) is 8.84. The van der Waals surface area contributed by atoms with Gasteiger partial charge in [-0.1, -0.05) is 0 Å². The Morgan fingerprint density at radius 2 is 2.18 bits per heavy atom. The van der Waals surface area contributed by atoms with Crippen molar-refractivity contribution in [2.24, 2.45) is 0 Å². The Morgan fingerprint density at radius 1 is 1.35 bits per heavy atom. The highest BCUT2D eigenvalue weighted by atomic mass is 16.3. The Balaban J connectivity index is 2.04. The zero-order valence-corrected chi connectivity index (χ0v) is 8.84. The van der Waals surface area contributed by atoms with Crippen molar-refractivity contribution in [3.63, 3.8) is 0 Å². The van der Waals surface area contributed by atoms with E-state index in [0.29, 0.717) is 6.54 Å². The van der Waals surface area contributed by atoms with Crippen molar-refractivity contribution >= 4 is 5.91 Å². The molecule has 2 rings (SSSR count). The molecular weight excluding hydrogens is 222 g/mol. The fourth-order valence-corrected chi connectivity index (χ4v) is 1.37. The van der Waals surface area contributed by atoms with E-state index in [4.69, 9.17) is 5.11 Å². The van der Waals surface area contributed by atoms with E-state index >= 15 is 0 Å². The number of rotatable bonds is 3. The number of aromatic nitrogens is 2. The molecule has 2 aromatic rings. The quantitative estimate of drug-likeness (QED) is 0.628. The molecule has 1 aromatic heterocycles. The molecule has 0 bridgehead atoms. The van der Waals surface area contributed by atoms with Gasteiger partial charge in [-0.25, -0.2) is 0 Å². The van der Waals surface area contributed by atoms with E-state index in [1.165, 1.54) is 12.1 Å². The summed E-state index contributed by atoms with van der Waals surface area (Å²) in [6, 6.07) is 5.54. The largest absolute Gasteiger partial charge is 0.508 e. The molecular formula is C11H11N3O3. The van der Waals surface area contributed by atoms with Crippen LogP contribution in [0.2, 0.25) is 0 Å². The molecule has 0 aliphatic heterocycles. The molecule has 0 aliphatic carbocycles. The minimum atomic E-state index is -0.419. The van der Waals surface area contributed by atoms with E-state index in [0.717, 1.165) is 11.8 Å². The van der Waals surface area contributed by atoms with Crippen LogP contribution in [0.4, 0.5) is 0 Å². The van der Waals surface area contributed by atoms with Crippen molar-refractivity contribution in [1.82, 2.24) is 15.5 Å². The Kier molecular flexibility index (Phi) is 2.95. The first kappa shape index (κ1) is 11.0. The smallest absolute Gasteiger partial charge is 0.255 e. The van der Waals surface area contributed by atoms with Gasteiger partial charge in [0, 0.05) is 12.3 Å². The fraction of sp³-hybridized carbons (Fsp3) is 0.0909. The van der Waals surface area contributed by atoms with Gasteiger partial charge >= 0.3 is 0 Å². The number of hydrogen-bond acceptors (Lipinski definition) is 4. The monoisotopic (exact) mass is 233 g/mol. The van der Waals surface area contributed by atoms with Crippen molar-refractivity contribution in [3.05, 3.63) is 41.7 Å². The second kappa shape index (κ2) is 4.56. The summed E-state index contributed by atoms with van der Waals surface area (Å²) in [5.41, 5.74) is 0.874. The van der Waals surface area contributed by atoms with Gasteiger partial charge in [-0.2, -0.15) is 5.10 Å². The van der Waals surface area contributed by atoms with Crippen LogP contribution in [0.3, 0.4) is 0 Å². The van der Waals surface area contributed by atoms with Crippen molar-refractivity contribution in [2.75, 3.05) is 0 Å². The molecule has 0 saturated heterocycles. The summed E-state index contributed by atoms with van der Waals surface area (Å²) in [6.07, 6.45) is 1.58. The lowest BCUT2D eigenvalue weighted by molar-refractivity contribution is 0.0947. The highest BCUT2D eigenvalue weighted by Crippen LogP contribution is 2.22. The molecule has 88 valence electrons.